The average Bonchev–Trinajstić information content (AvgIpc) is 2.45. The summed E-state index contributed by atoms with van der Waals surface area (Å²) in [6, 6.07) is 0. The Bertz CT molecular complexity index is 320. The van der Waals surface area contributed by atoms with Gasteiger partial charge in [0.25, 0.3) is 0 Å². The van der Waals surface area contributed by atoms with Crippen molar-refractivity contribution in [2.75, 3.05) is 39.5 Å². The third kappa shape index (κ3) is 14.7. The molecule has 2 amide bonds. The summed E-state index contributed by atoms with van der Waals surface area (Å²) < 4.78 is 10.3. The highest BCUT2D eigenvalue weighted by molar-refractivity contribution is 5.85. The van der Waals surface area contributed by atoms with Crippen LogP contribution in [0.15, 0.2) is 0 Å². The molecule has 0 aliphatic heterocycles. The van der Waals surface area contributed by atoms with Crippen molar-refractivity contribution in [2.24, 2.45) is 0 Å². The molecule has 0 bridgehead atoms. The Morgan fingerprint density at radius 1 is 0.905 bits per heavy atom. The number of hydrogen-bond donors (Lipinski definition) is 2. The Labute approximate surface area is 125 Å². The van der Waals surface area contributed by atoms with E-state index in [0.29, 0.717) is 32.9 Å². The predicted molar refractivity (Wildman–Crippen MR) is 77.9 cm³/mol. The van der Waals surface area contributed by atoms with Crippen LogP contribution in [0.2, 0.25) is 0 Å². The van der Waals surface area contributed by atoms with Gasteiger partial charge in [-0.05, 0) is 6.42 Å². The molecule has 0 rings (SSSR count). The standard InChI is InChI=1S/C14H26N2O5/c1-3-6-16-14(19)5-4-13(18)11-21-10-9-20-8-7-15-12(2)17/h3-11H2,1-2H3,(H,15,17)(H,16,19). The molecule has 7 nitrogen and oxygen atoms in total. The van der Waals surface area contributed by atoms with Gasteiger partial charge in [-0.25, -0.2) is 0 Å². The average molecular weight is 302 g/mol. The third-order valence-corrected chi connectivity index (χ3v) is 2.46. The summed E-state index contributed by atoms with van der Waals surface area (Å²) in [5, 5.41) is 5.31. The van der Waals surface area contributed by atoms with E-state index in [1.807, 2.05) is 6.92 Å². The van der Waals surface area contributed by atoms with Crippen LogP contribution in [0.5, 0.6) is 0 Å². The van der Waals surface area contributed by atoms with E-state index in [1.165, 1.54) is 6.92 Å². The molecule has 7 heteroatoms. The molecule has 0 radical (unpaired) electrons. The molecule has 0 aliphatic carbocycles. The topological polar surface area (TPSA) is 93.7 Å². The van der Waals surface area contributed by atoms with Gasteiger partial charge in [0.15, 0.2) is 5.78 Å². The lowest BCUT2D eigenvalue weighted by molar-refractivity contribution is -0.128. The number of carbonyl (C=O) groups excluding carboxylic acids is 3. The van der Waals surface area contributed by atoms with Crippen LogP contribution in [-0.4, -0.2) is 57.1 Å². The number of Topliss-reactive ketones (excluding diaryl/α,β-unsaturated/α-hetero) is 1. The molecule has 0 unspecified atom stereocenters. The van der Waals surface area contributed by atoms with E-state index in [9.17, 15) is 14.4 Å². The fraction of sp³-hybridized carbons (Fsp3) is 0.786. The smallest absolute Gasteiger partial charge is 0.220 e. The highest BCUT2D eigenvalue weighted by atomic mass is 16.5. The van der Waals surface area contributed by atoms with Gasteiger partial charge in [-0.2, -0.15) is 0 Å². The lowest BCUT2D eigenvalue weighted by Gasteiger charge is -2.06. The molecule has 0 aromatic heterocycles. The molecule has 0 fully saturated rings. The lowest BCUT2D eigenvalue weighted by Crippen LogP contribution is -2.25. The van der Waals surface area contributed by atoms with Gasteiger partial charge in [-0.15, -0.1) is 0 Å². The first-order chi connectivity index (χ1) is 10.1. The minimum atomic E-state index is -0.105. The molecule has 0 atom stereocenters. The van der Waals surface area contributed by atoms with Crippen molar-refractivity contribution in [3.8, 4) is 0 Å². The number of carbonyl (C=O) groups is 3. The summed E-state index contributed by atoms with van der Waals surface area (Å²) in [4.78, 5) is 33.3. The Kier molecular flexibility index (Phi) is 12.6. The Morgan fingerprint density at radius 3 is 2.29 bits per heavy atom. The molecular formula is C14H26N2O5. The molecule has 0 saturated heterocycles. The molecule has 2 N–H and O–H groups in total. The summed E-state index contributed by atoms with van der Waals surface area (Å²) >= 11 is 0. The first-order valence-electron chi connectivity index (χ1n) is 7.24. The van der Waals surface area contributed by atoms with Crippen LogP contribution in [-0.2, 0) is 23.9 Å². The fourth-order valence-corrected chi connectivity index (χ4v) is 1.38. The second-order valence-electron chi connectivity index (χ2n) is 4.54. The summed E-state index contributed by atoms with van der Waals surface area (Å²) in [6.07, 6.45) is 1.28. The van der Waals surface area contributed by atoms with E-state index in [2.05, 4.69) is 10.6 Å². The molecule has 0 aliphatic rings. The molecule has 0 heterocycles. The van der Waals surface area contributed by atoms with Crippen molar-refractivity contribution >= 4 is 17.6 Å². The van der Waals surface area contributed by atoms with Crippen LogP contribution in [0.25, 0.3) is 0 Å². The zero-order valence-electron chi connectivity index (χ0n) is 12.9. The molecule has 0 aromatic carbocycles. The van der Waals surface area contributed by atoms with Crippen molar-refractivity contribution in [3.05, 3.63) is 0 Å². The van der Waals surface area contributed by atoms with Gasteiger partial charge in [0.2, 0.25) is 11.8 Å². The van der Waals surface area contributed by atoms with E-state index >= 15 is 0 Å². The third-order valence-electron chi connectivity index (χ3n) is 2.46. The SMILES string of the molecule is CCCNC(=O)CCC(=O)COCCOCCNC(C)=O. The van der Waals surface area contributed by atoms with Gasteiger partial charge < -0.3 is 20.1 Å². The predicted octanol–water partition coefficient (Wildman–Crippen LogP) is 0.0312. The van der Waals surface area contributed by atoms with Crippen LogP contribution < -0.4 is 10.6 Å². The van der Waals surface area contributed by atoms with E-state index in [1.54, 1.807) is 0 Å². The van der Waals surface area contributed by atoms with Crippen molar-refractivity contribution in [2.45, 2.75) is 33.1 Å². The van der Waals surface area contributed by atoms with Gasteiger partial charge in [-0.3, -0.25) is 14.4 Å². The second-order valence-corrected chi connectivity index (χ2v) is 4.54. The number of rotatable bonds is 13. The number of ketones is 1. The van der Waals surface area contributed by atoms with E-state index < -0.39 is 0 Å². The van der Waals surface area contributed by atoms with Gasteiger partial charge >= 0.3 is 0 Å². The molecule has 0 spiro atoms. The molecule has 21 heavy (non-hydrogen) atoms. The Balaban J connectivity index is 3.34. The summed E-state index contributed by atoms with van der Waals surface area (Å²) in [5.74, 6) is -0.296. The molecular weight excluding hydrogens is 276 g/mol. The van der Waals surface area contributed by atoms with Crippen LogP contribution in [0.1, 0.15) is 33.1 Å². The molecule has 0 saturated carbocycles. The lowest BCUT2D eigenvalue weighted by atomic mass is 10.2. The summed E-state index contributed by atoms with van der Waals surface area (Å²) in [5.41, 5.74) is 0. The monoisotopic (exact) mass is 302 g/mol. The van der Waals surface area contributed by atoms with Gasteiger partial charge in [0.05, 0.1) is 19.8 Å². The summed E-state index contributed by atoms with van der Waals surface area (Å²) in [6.45, 7) is 5.59. The largest absolute Gasteiger partial charge is 0.377 e. The number of ether oxygens (including phenoxy) is 2. The van der Waals surface area contributed by atoms with Gasteiger partial charge in [0.1, 0.15) is 6.61 Å². The molecule has 0 aromatic rings. The zero-order chi connectivity index (χ0) is 15.9. The highest BCUT2D eigenvalue weighted by Crippen LogP contribution is 1.93. The minimum absolute atomic E-state index is 0.00386. The first-order valence-corrected chi connectivity index (χ1v) is 7.24. The van der Waals surface area contributed by atoms with Crippen molar-refractivity contribution in [1.29, 1.82) is 0 Å². The normalized spacial score (nSPS) is 10.2. The second kappa shape index (κ2) is 13.5. The van der Waals surface area contributed by atoms with Crippen LogP contribution in [0, 0.1) is 0 Å². The fourth-order valence-electron chi connectivity index (χ4n) is 1.38. The van der Waals surface area contributed by atoms with E-state index in [0.717, 1.165) is 6.42 Å². The van der Waals surface area contributed by atoms with Gasteiger partial charge in [0, 0.05) is 32.9 Å². The first kappa shape index (κ1) is 19.5. The number of amides is 2. The van der Waals surface area contributed by atoms with Crippen molar-refractivity contribution in [1.82, 2.24) is 10.6 Å². The number of nitrogens with one attached hydrogen (secondary N) is 2. The van der Waals surface area contributed by atoms with Crippen molar-refractivity contribution in [3.63, 3.8) is 0 Å². The number of hydrogen-bond acceptors (Lipinski definition) is 5. The Hall–Kier alpha value is -1.47. The van der Waals surface area contributed by atoms with E-state index in [-0.39, 0.29) is 37.0 Å². The summed E-state index contributed by atoms with van der Waals surface area (Å²) in [7, 11) is 0. The minimum Gasteiger partial charge on any atom is -0.377 e. The molecule has 122 valence electrons. The Morgan fingerprint density at radius 2 is 1.62 bits per heavy atom. The van der Waals surface area contributed by atoms with Gasteiger partial charge in [-0.1, -0.05) is 6.92 Å². The maximum Gasteiger partial charge on any atom is 0.220 e. The van der Waals surface area contributed by atoms with E-state index in [4.69, 9.17) is 9.47 Å². The van der Waals surface area contributed by atoms with Crippen molar-refractivity contribution < 1.29 is 23.9 Å². The maximum absolute atomic E-state index is 11.4. The van der Waals surface area contributed by atoms with Crippen LogP contribution >= 0.6 is 0 Å². The quantitative estimate of drug-likeness (QED) is 0.468. The van der Waals surface area contributed by atoms with Crippen LogP contribution in [0.4, 0.5) is 0 Å². The van der Waals surface area contributed by atoms with Crippen LogP contribution in [0.3, 0.4) is 0 Å². The zero-order valence-corrected chi connectivity index (χ0v) is 12.9. The maximum atomic E-state index is 11.4. The highest BCUT2D eigenvalue weighted by Gasteiger charge is 2.06.